The molecule has 1 aromatic carbocycles. The van der Waals surface area contributed by atoms with E-state index in [9.17, 15) is 18.5 Å². The number of carbonyl (C=O) groups is 1. The van der Waals surface area contributed by atoms with Crippen molar-refractivity contribution in [2.24, 2.45) is 11.8 Å². The minimum absolute atomic E-state index is 0.0272. The first kappa shape index (κ1) is 22.1. The molecule has 0 spiro atoms. The summed E-state index contributed by atoms with van der Waals surface area (Å²) in [6, 6.07) is 8.18. The lowest BCUT2D eigenvalue weighted by atomic mass is 9.50. The van der Waals surface area contributed by atoms with Crippen molar-refractivity contribution >= 4 is 27.5 Å². The van der Waals surface area contributed by atoms with Gasteiger partial charge in [0.05, 0.1) is 17.5 Å². The third kappa shape index (κ3) is 4.05. The molecule has 3 atom stereocenters. The minimum atomic E-state index is -3.67. The topological polar surface area (TPSA) is 102 Å². The van der Waals surface area contributed by atoms with Gasteiger partial charge in [-0.2, -0.15) is 5.26 Å². The van der Waals surface area contributed by atoms with Gasteiger partial charge in [-0.05, 0) is 87.5 Å². The first-order valence-corrected chi connectivity index (χ1v) is 13.3. The summed E-state index contributed by atoms with van der Waals surface area (Å²) < 4.78 is 29.4. The molecule has 4 bridgehead atoms. The predicted molar refractivity (Wildman–Crippen MR) is 120 cm³/mol. The van der Waals surface area contributed by atoms with Crippen molar-refractivity contribution in [2.45, 2.75) is 73.4 Å². The Labute approximate surface area is 194 Å². The van der Waals surface area contributed by atoms with Crippen molar-refractivity contribution in [3.8, 4) is 6.07 Å². The van der Waals surface area contributed by atoms with E-state index in [1.807, 2.05) is 0 Å². The maximum atomic E-state index is 13.2. The predicted octanol–water partition coefficient (Wildman–Crippen LogP) is 2.81. The number of rotatable bonds is 6. The summed E-state index contributed by atoms with van der Waals surface area (Å²) in [5, 5.41) is 13.4. The summed E-state index contributed by atoms with van der Waals surface area (Å²) in [5.74, 6) is 0.872. The van der Waals surface area contributed by atoms with Gasteiger partial charge in [-0.3, -0.25) is 4.79 Å². The highest BCUT2D eigenvalue weighted by Gasteiger charge is 2.58. The molecular weight excluding hydrogens is 448 g/mol. The van der Waals surface area contributed by atoms with Gasteiger partial charge < -0.3 is 10.2 Å². The number of carbonyl (C=O) groups excluding carboxylic acids is 1. The number of likely N-dealkylation sites (tertiary alicyclic amines) is 1. The number of amides is 1. The van der Waals surface area contributed by atoms with Crippen LogP contribution in [0.2, 0.25) is 5.02 Å². The molecule has 32 heavy (non-hydrogen) atoms. The second-order valence-electron chi connectivity index (χ2n) is 10.3. The van der Waals surface area contributed by atoms with Gasteiger partial charge in [0.15, 0.2) is 0 Å². The molecule has 1 saturated heterocycles. The number of hydrogen-bond acceptors (Lipinski definition) is 5. The summed E-state index contributed by atoms with van der Waals surface area (Å²) in [4.78, 5) is 14.7. The lowest BCUT2D eigenvalue weighted by Gasteiger charge is -2.62. The Morgan fingerprint density at radius 1 is 1.16 bits per heavy atom. The van der Waals surface area contributed by atoms with Gasteiger partial charge in [0.25, 0.3) is 0 Å². The van der Waals surface area contributed by atoms with E-state index < -0.39 is 15.6 Å². The first-order chi connectivity index (χ1) is 15.2. The molecule has 1 aromatic rings. The Hall–Kier alpha value is -1.66. The molecule has 1 amide bonds. The molecule has 4 aliphatic carbocycles. The number of sulfonamides is 1. The van der Waals surface area contributed by atoms with Crippen LogP contribution in [-0.4, -0.2) is 49.4 Å². The highest BCUT2D eigenvalue weighted by atomic mass is 35.5. The average Bonchev–Trinajstić information content (AvgIpc) is 3.19. The van der Waals surface area contributed by atoms with Crippen LogP contribution in [0.25, 0.3) is 0 Å². The molecule has 5 aliphatic rings. The van der Waals surface area contributed by atoms with Crippen molar-refractivity contribution in [3.63, 3.8) is 0 Å². The van der Waals surface area contributed by atoms with Gasteiger partial charge in [-0.1, -0.05) is 11.6 Å². The van der Waals surface area contributed by atoms with Gasteiger partial charge >= 0.3 is 0 Å². The van der Waals surface area contributed by atoms with E-state index >= 15 is 0 Å². The number of hydrogen-bond donors (Lipinski definition) is 2. The van der Waals surface area contributed by atoms with Crippen LogP contribution in [0.3, 0.4) is 0 Å². The maximum Gasteiger partial charge on any atom is 0.241 e. The molecular formula is C23H29ClN4O3S. The second kappa shape index (κ2) is 7.98. The zero-order chi connectivity index (χ0) is 22.6. The van der Waals surface area contributed by atoms with Crippen molar-refractivity contribution < 1.29 is 13.2 Å². The average molecular weight is 477 g/mol. The standard InChI is InChI=1S/C23H29ClN4O3S/c24-18-3-5-20(6-4-18)32(30,31)27-23-11-16-8-17(12-23)10-22(9-16,15-23)26-14-21(29)28-7-1-2-19(28)13-25/h3-6,16-17,19,26-27H,1-2,7-12,14-15H2. The summed E-state index contributed by atoms with van der Waals surface area (Å²) in [6.45, 7) is 0.847. The summed E-state index contributed by atoms with van der Waals surface area (Å²) >= 11 is 5.93. The van der Waals surface area contributed by atoms with E-state index in [0.29, 0.717) is 29.8 Å². The molecule has 6 rings (SSSR count). The van der Waals surface area contributed by atoms with Gasteiger partial charge in [-0.25, -0.2) is 13.1 Å². The van der Waals surface area contributed by atoms with Crippen LogP contribution in [0.5, 0.6) is 0 Å². The Kier molecular flexibility index (Phi) is 5.52. The molecule has 1 heterocycles. The molecule has 0 aromatic heterocycles. The van der Waals surface area contributed by atoms with E-state index in [1.165, 1.54) is 0 Å². The van der Waals surface area contributed by atoms with Crippen LogP contribution in [0.1, 0.15) is 51.4 Å². The van der Waals surface area contributed by atoms with Gasteiger partial charge in [-0.15, -0.1) is 0 Å². The lowest BCUT2D eigenvalue weighted by molar-refractivity contribution is -0.131. The van der Waals surface area contributed by atoms with Gasteiger partial charge in [0, 0.05) is 22.6 Å². The fourth-order valence-electron chi connectivity index (χ4n) is 7.11. The zero-order valence-electron chi connectivity index (χ0n) is 18.0. The molecule has 1 aliphatic heterocycles. The Bertz CT molecular complexity index is 1040. The molecule has 4 saturated carbocycles. The zero-order valence-corrected chi connectivity index (χ0v) is 19.6. The highest BCUT2D eigenvalue weighted by Crippen LogP contribution is 2.57. The smallest absolute Gasteiger partial charge is 0.241 e. The molecule has 172 valence electrons. The first-order valence-electron chi connectivity index (χ1n) is 11.5. The molecule has 2 N–H and O–H groups in total. The minimum Gasteiger partial charge on any atom is -0.326 e. The van der Waals surface area contributed by atoms with Crippen LogP contribution < -0.4 is 10.0 Å². The van der Waals surface area contributed by atoms with Gasteiger partial charge in [0.2, 0.25) is 15.9 Å². The Morgan fingerprint density at radius 3 is 2.47 bits per heavy atom. The van der Waals surface area contributed by atoms with E-state index in [-0.39, 0.29) is 28.9 Å². The van der Waals surface area contributed by atoms with Crippen molar-refractivity contribution in [3.05, 3.63) is 29.3 Å². The van der Waals surface area contributed by atoms with Crippen LogP contribution in [0, 0.1) is 23.2 Å². The fourth-order valence-corrected chi connectivity index (χ4v) is 8.66. The molecule has 0 radical (unpaired) electrons. The van der Waals surface area contributed by atoms with E-state index in [4.69, 9.17) is 11.6 Å². The molecule has 7 nitrogen and oxygen atoms in total. The van der Waals surface area contributed by atoms with Crippen molar-refractivity contribution in [2.75, 3.05) is 13.1 Å². The maximum absolute atomic E-state index is 13.2. The number of nitrogens with one attached hydrogen (secondary N) is 2. The largest absolute Gasteiger partial charge is 0.326 e. The van der Waals surface area contributed by atoms with E-state index in [0.717, 1.165) is 44.9 Å². The highest BCUT2D eigenvalue weighted by molar-refractivity contribution is 7.89. The van der Waals surface area contributed by atoms with E-state index in [1.54, 1.807) is 29.2 Å². The van der Waals surface area contributed by atoms with Crippen molar-refractivity contribution in [1.29, 1.82) is 5.26 Å². The summed E-state index contributed by atoms with van der Waals surface area (Å²) in [6.07, 6.45) is 7.07. The quantitative estimate of drug-likeness (QED) is 0.657. The molecule has 5 fully saturated rings. The lowest BCUT2D eigenvalue weighted by Crippen LogP contribution is -2.69. The van der Waals surface area contributed by atoms with Crippen LogP contribution in [-0.2, 0) is 14.8 Å². The summed E-state index contributed by atoms with van der Waals surface area (Å²) in [5.41, 5.74) is -0.717. The number of nitrogens with zero attached hydrogens (tertiary/aromatic N) is 2. The fraction of sp³-hybridized carbons (Fsp3) is 0.652. The monoisotopic (exact) mass is 476 g/mol. The number of halogens is 1. The number of benzene rings is 1. The number of nitriles is 1. The Balaban J connectivity index is 1.32. The third-order valence-electron chi connectivity index (χ3n) is 7.87. The van der Waals surface area contributed by atoms with Gasteiger partial charge in [0.1, 0.15) is 6.04 Å². The van der Waals surface area contributed by atoms with Crippen LogP contribution in [0.15, 0.2) is 29.2 Å². The SMILES string of the molecule is N#CC1CCCN1C(=O)CNC12CC3CC(C1)CC(NS(=O)(=O)c1ccc(Cl)cc1)(C3)C2. The van der Waals surface area contributed by atoms with E-state index in [2.05, 4.69) is 16.1 Å². The third-order valence-corrected chi connectivity index (χ3v) is 9.72. The Morgan fingerprint density at radius 2 is 1.81 bits per heavy atom. The van der Waals surface area contributed by atoms with Crippen LogP contribution >= 0.6 is 11.6 Å². The molecule has 9 heteroatoms. The molecule has 3 unspecified atom stereocenters. The van der Waals surface area contributed by atoms with Crippen LogP contribution in [0.4, 0.5) is 0 Å². The second-order valence-corrected chi connectivity index (χ2v) is 12.4. The normalized spacial score (nSPS) is 35.8. The van der Waals surface area contributed by atoms with Crippen molar-refractivity contribution in [1.82, 2.24) is 14.9 Å². The summed E-state index contributed by atoms with van der Waals surface area (Å²) in [7, 11) is -3.67.